The highest BCUT2D eigenvalue weighted by Crippen LogP contribution is 2.39. The van der Waals surface area contributed by atoms with Crippen molar-refractivity contribution in [2.24, 2.45) is 5.92 Å². The third-order valence-electron chi connectivity index (χ3n) is 4.56. The highest BCUT2D eigenvalue weighted by Gasteiger charge is 2.38. The van der Waals surface area contributed by atoms with E-state index in [1.54, 1.807) is 0 Å². The van der Waals surface area contributed by atoms with E-state index in [0.717, 1.165) is 12.8 Å². The zero-order valence-corrected chi connectivity index (χ0v) is 13.9. The van der Waals surface area contributed by atoms with Gasteiger partial charge in [-0.3, -0.25) is 0 Å². The third-order valence-corrected chi connectivity index (χ3v) is 4.56. The number of unbranched alkanes of at least 4 members (excludes halogenated alkanes) is 2. The second kappa shape index (κ2) is 6.93. The van der Waals surface area contributed by atoms with Crippen molar-refractivity contribution in [3.05, 3.63) is 35.4 Å². The first-order valence-corrected chi connectivity index (χ1v) is 8.33. The van der Waals surface area contributed by atoms with E-state index >= 15 is 0 Å². The Labute approximate surface area is 129 Å². The van der Waals surface area contributed by atoms with Crippen LogP contribution in [0.4, 0.5) is 0 Å². The second-order valence-corrected chi connectivity index (χ2v) is 7.35. The maximum absolute atomic E-state index is 10.3. The molecule has 0 aliphatic carbocycles. The minimum Gasteiger partial charge on any atom is -0.393 e. The highest BCUT2D eigenvalue weighted by atomic mass is 16.5. The summed E-state index contributed by atoms with van der Waals surface area (Å²) in [6.45, 7) is 9.56. The van der Waals surface area contributed by atoms with E-state index in [1.165, 1.54) is 24.0 Å². The molecule has 0 radical (unpaired) electrons. The molecule has 2 heteroatoms. The van der Waals surface area contributed by atoms with E-state index in [-0.39, 0.29) is 23.5 Å². The smallest absolute Gasteiger partial charge is 0.0900 e. The fraction of sp³-hybridized carbons (Fsp3) is 0.684. The molecule has 1 aromatic rings. The molecule has 0 saturated carbocycles. The van der Waals surface area contributed by atoms with Gasteiger partial charge in [0.25, 0.3) is 0 Å². The van der Waals surface area contributed by atoms with Crippen molar-refractivity contribution in [2.45, 2.75) is 71.0 Å². The third kappa shape index (κ3) is 4.08. The van der Waals surface area contributed by atoms with Gasteiger partial charge >= 0.3 is 0 Å². The number of hydrogen-bond donors (Lipinski definition) is 1. The molecule has 118 valence electrons. The zero-order chi connectivity index (χ0) is 15.5. The van der Waals surface area contributed by atoms with Crippen molar-refractivity contribution in [3.63, 3.8) is 0 Å². The highest BCUT2D eigenvalue weighted by molar-refractivity contribution is 5.29. The van der Waals surface area contributed by atoms with Gasteiger partial charge in [0.05, 0.1) is 18.8 Å². The van der Waals surface area contributed by atoms with Crippen molar-refractivity contribution in [2.75, 3.05) is 6.61 Å². The van der Waals surface area contributed by atoms with Gasteiger partial charge in [0.1, 0.15) is 0 Å². The number of benzene rings is 1. The average Bonchev–Trinajstić information content (AvgIpc) is 2.37. The predicted molar refractivity (Wildman–Crippen MR) is 87.5 cm³/mol. The van der Waals surface area contributed by atoms with Crippen molar-refractivity contribution in [1.29, 1.82) is 0 Å². The van der Waals surface area contributed by atoms with Crippen LogP contribution in [-0.2, 0) is 10.2 Å². The van der Waals surface area contributed by atoms with Gasteiger partial charge in [0.2, 0.25) is 0 Å². The molecule has 1 N–H and O–H groups in total. The second-order valence-electron chi connectivity index (χ2n) is 7.35. The van der Waals surface area contributed by atoms with Crippen LogP contribution >= 0.6 is 0 Å². The van der Waals surface area contributed by atoms with Crippen molar-refractivity contribution in [1.82, 2.24) is 0 Å². The van der Waals surface area contributed by atoms with Crippen LogP contribution in [0.25, 0.3) is 0 Å². The maximum atomic E-state index is 10.3. The Balaban J connectivity index is 1.95. The lowest BCUT2D eigenvalue weighted by molar-refractivity contribution is -0.162. The van der Waals surface area contributed by atoms with Crippen molar-refractivity contribution in [3.8, 4) is 0 Å². The SMILES string of the molecule is CCCCCC(O)C1COC1c1ccc(C(C)(C)C)cc1. The molecule has 1 aromatic carbocycles. The summed E-state index contributed by atoms with van der Waals surface area (Å²) >= 11 is 0. The van der Waals surface area contributed by atoms with Crippen LogP contribution < -0.4 is 0 Å². The first-order valence-electron chi connectivity index (χ1n) is 8.33. The summed E-state index contributed by atoms with van der Waals surface area (Å²) in [6, 6.07) is 8.71. The Bertz CT molecular complexity index is 430. The number of ether oxygens (including phenoxy) is 1. The van der Waals surface area contributed by atoms with Gasteiger partial charge in [0.15, 0.2) is 0 Å². The molecule has 3 atom stereocenters. The Hall–Kier alpha value is -0.860. The molecular formula is C19H30O2. The van der Waals surface area contributed by atoms with Gasteiger partial charge in [-0.1, -0.05) is 71.2 Å². The summed E-state index contributed by atoms with van der Waals surface area (Å²) in [5.41, 5.74) is 2.72. The molecule has 0 bridgehead atoms. The number of rotatable bonds is 6. The average molecular weight is 290 g/mol. The van der Waals surface area contributed by atoms with Crippen LogP contribution in [0.3, 0.4) is 0 Å². The number of aliphatic hydroxyl groups is 1. The molecule has 2 nitrogen and oxygen atoms in total. The molecule has 1 aliphatic heterocycles. The molecule has 0 aromatic heterocycles. The van der Waals surface area contributed by atoms with E-state index in [2.05, 4.69) is 52.0 Å². The zero-order valence-electron chi connectivity index (χ0n) is 13.9. The Morgan fingerprint density at radius 2 is 1.86 bits per heavy atom. The monoisotopic (exact) mass is 290 g/mol. The van der Waals surface area contributed by atoms with Crippen LogP contribution in [0, 0.1) is 5.92 Å². The van der Waals surface area contributed by atoms with E-state index in [1.807, 2.05) is 0 Å². The lowest BCUT2D eigenvalue weighted by atomic mass is 9.82. The Kier molecular flexibility index (Phi) is 5.45. The van der Waals surface area contributed by atoms with Crippen LogP contribution in [-0.4, -0.2) is 17.8 Å². The van der Waals surface area contributed by atoms with Gasteiger partial charge < -0.3 is 9.84 Å². The molecule has 1 saturated heterocycles. The topological polar surface area (TPSA) is 29.5 Å². The maximum Gasteiger partial charge on any atom is 0.0900 e. The van der Waals surface area contributed by atoms with Gasteiger partial charge in [-0.05, 0) is 23.0 Å². The summed E-state index contributed by atoms with van der Waals surface area (Å²) in [5.74, 6) is 0.266. The first kappa shape index (κ1) is 16.5. The van der Waals surface area contributed by atoms with Crippen molar-refractivity contribution < 1.29 is 9.84 Å². The molecule has 21 heavy (non-hydrogen) atoms. The normalized spacial score (nSPS) is 23.7. The summed E-state index contributed by atoms with van der Waals surface area (Å²) in [4.78, 5) is 0. The predicted octanol–water partition coefficient (Wildman–Crippen LogP) is 4.61. The van der Waals surface area contributed by atoms with E-state index < -0.39 is 0 Å². The van der Waals surface area contributed by atoms with Crippen LogP contribution in [0.2, 0.25) is 0 Å². The standard InChI is InChI=1S/C19H30O2/c1-5-6-7-8-17(20)16-13-21-18(16)14-9-11-15(12-10-14)19(2,3)4/h9-12,16-18,20H,5-8,13H2,1-4H3. The fourth-order valence-corrected chi connectivity index (χ4v) is 2.95. The lowest BCUT2D eigenvalue weighted by Crippen LogP contribution is -2.41. The van der Waals surface area contributed by atoms with Gasteiger partial charge in [-0.15, -0.1) is 0 Å². The Morgan fingerprint density at radius 3 is 2.33 bits per heavy atom. The lowest BCUT2D eigenvalue weighted by Gasteiger charge is -2.40. The van der Waals surface area contributed by atoms with Gasteiger partial charge in [-0.2, -0.15) is 0 Å². The fourth-order valence-electron chi connectivity index (χ4n) is 2.95. The number of aliphatic hydroxyl groups excluding tert-OH is 1. The quantitative estimate of drug-likeness (QED) is 0.775. The molecular weight excluding hydrogens is 260 g/mol. The summed E-state index contributed by atoms with van der Waals surface area (Å²) in [7, 11) is 0. The largest absolute Gasteiger partial charge is 0.393 e. The van der Waals surface area contributed by atoms with Crippen LogP contribution in [0.1, 0.15) is 70.6 Å². The summed E-state index contributed by atoms with van der Waals surface area (Å²) in [5, 5.41) is 10.3. The van der Waals surface area contributed by atoms with Crippen LogP contribution in [0.15, 0.2) is 24.3 Å². The molecule has 3 unspecified atom stereocenters. The molecule has 1 fully saturated rings. The number of hydrogen-bond acceptors (Lipinski definition) is 2. The molecule has 0 spiro atoms. The molecule has 1 aliphatic rings. The van der Waals surface area contributed by atoms with Gasteiger partial charge in [-0.25, -0.2) is 0 Å². The summed E-state index contributed by atoms with van der Waals surface area (Å²) in [6.07, 6.45) is 4.27. The first-order chi connectivity index (χ1) is 9.93. The van der Waals surface area contributed by atoms with E-state index in [0.29, 0.717) is 6.61 Å². The molecule has 2 rings (SSSR count). The summed E-state index contributed by atoms with van der Waals surface area (Å²) < 4.78 is 5.72. The van der Waals surface area contributed by atoms with E-state index in [4.69, 9.17) is 4.74 Å². The van der Waals surface area contributed by atoms with Gasteiger partial charge in [0, 0.05) is 5.92 Å². The van der Waals surface area contributed by atoms with Crippen molar-refractivity contribution >= 4 is 0 Å². The van der Waals surface area contributed by atoms with E-state index in [9.17, 15) is 5.11 Å². The molecule has 0 amide bonds. The molecule has 1 heterocycles. The minimum absolute atomic E-state index is 0.0793. The Morgan fingerprint density at radius 1 is 1.19 bits per heavy atom. The van der Waals surface area contributed by atoms with Crippen LogP contribution in [0.5, 0.6) is 0 Å². The minimum atomic E-state index is -0.224.